The van der Waals surface area contributed by atoms with E-state index in [1.54, 1.807) is 31.2 Å². The molecule has 1 aliphatic rings. The number of hydrogen-bond acceptors (Lipinski definition) is 2. The molecule has 0 aromatic heterocycles. The monoisotopic (exact) mass is 486 g/mol. The fourth-order valence-corrected chi connectivity index (χ4v) is 4.65. The summed E-state index contributed by atoms with van der Waals surface area (Å²) in [5.74, 6) is -3.55. The minimum atomic E-state index is -0.915. The summed E-state index contributed by atoms with van der Waals surface area (Å²) < 4.78 is 69.5. The zero-order chi connectivity index (χ0) is 24.9. The molecule has 0 aliphatic heterocycles. The molecule has 0 radical (unpaired) electrons. The van der Waals surface area contributed by atoms with Gasteiger partial charge in [-0.25, -0.2) is 17.6 Å². The van der Waals surface area contributed by atoms with Crippen LogP contribution in [0.2, 0.25) is 0 Å². The fraction of sp³-hybridized carbons (Fsp3) is 0.379. The van der Waals surface area contributed by atoms with E-state index in [0.717, 1.165) is 5.56 Å². The highest BCUT2D eigenvalue weighted by Crippen LogP contribution is 2.38. The zero-order valence-electron chi connectivity index (χ0n) is 20.1. The second-order valence-corrected chi connectivity index (χ2v) is 9.13. The number of halogens is 4. The standard InChI is InChI=1S/C29H30F4O2/c1-3-34-16-21-8-9-22(27(31)26(21)30)17-35-23-12-10-20(11-13-23)25-15-14-24(28(32)29(25)33)19-6-4-18(2)5-7-19/h4-9,14-15,20,23H,3,10-13,16-17H2,1-2H3. The Morgan fingerprint density at radius 2 is 1.34 bits per heavy atom. The molecule has 6 heteroatoms. The van der Waals surface area contributed by atoms with E-state index in [1.165, 1.54) is 12.1 Å². The molecule has 3 aromatic rings. The minimum absolute atomic E-state index is 0.0214. The van der Waals surface area contributed by atoms with E-state index < -0.39 is 23.3 Å². The highest BCUT2D eigenvalue weighted by molar-refractivity contribution is 5.65. The maximum atomic E-state index is 15.0. The second-order valence-electron chi connectivity index (χ2n) is 9.13. The molecule has 186 valence electrons. The third-order valence-corrected chi connectivity index (χ3v) is 6.77. The van der Waals surface area contributed by atoms with Crippen LogP contribution in [0, 0.1) is 30.2 Å². The van der Waals surface area contributed by atoms with E-state index in [2.05, 4.69) is 0 Å². The lowest BCUT2D eigenvalue weighted by Gasteiger charge is -2.29. The Bertz CT molecular complexity index is 1150. The summed E-state index contributed by atoms with van der Waals surface area (Å²) in [6.45, 7) is 4.13. The largest absolute Gasteiger partial charge is 0.377 e. The fourth-order valence-electron chi connectivity index (χ4n) is 4.65. The smallest absolute Gasteiger partial charge is 0.166 e. The van der Waals surface area contributed by atoms with Gasteiger partial charge in [0.15, 0.2) is 23.3 Å². The molecule has 0 amide bonds. The first-order chi connectivity index (χ1) is 16.9. The van der Waals surface area contributed by atoms with Crippen LogP contribution in [0.4, 0.5) is 17.6 Å². The summed E-state index contributed by atoms with van der Waals surface area (Å²) >= 11 is 0. The molecule has 0 spiro atoms. The highest BCUT2D eigenvalue weighted by Gasteiger charge is 2.27. The SMILES string of the molecule is CCOCc1ccc(COC2CCC(c3ccc(-c4ccc(C)cc4)c(F)c3F)CC2)c(F)c1F. The summed E-state index contributed by atoms with van der Waals surface area (Å²) in [5, 5.41) is 0. The maximum absolute atomic E-state index is 15.0. The predicted molar refractivity (Wildman–Crippen MR) is 128 cm³/mol. The molecule has 1 fully saturated rings. The van der Waals surface area contributed by atoms with Crippen LogP contribution >= 0.6 is 0 Å². The Labute approximate surface area is 203 Å². The molecule has 35 heavy (non-hydrogen) atoms. The topological polar surface area (TPSA) is 18.5 Å². The van der Waals surface area contributed by atoms with Crippen molar-refractivity contribution in [3.63, 3.8) is 0 Å². The van der Waals surface area contributed by atoms with E-state index in [4.69, 9.17) is 9.47 Å². The molecule has 0 atom stereocenters. The minimum Gasteiger partial charge on any atom is -0.377 e. The van der Waals surface area contributed by atoms with Crippen molar-refractivity contribution >= 4 is 0 Å². The first-order valence-corrected chi connectivity index (χ1v) is 12.1. The van der Waals surface area contributed by atoms with E-state index >= 15 is 0 Å². The van der Waals surface area contributed by atoms with Crippen molar-refractivity contribution in [2.24, 2.45) is 0 Å². The van der Waals surface area contributed by atoms with E-state index in [0.29, 0.717) is 43.4 Å². The number of ether oxygens (including phenoxy) is 2. The molecule has 0 unspecified atom stereocenters. The van der Waals surface area contributed by atoms with Crippen molar-refractivity contribution in [1.29, 1.82) is 0 Å². The van der Waals surface area contributed by atoms with E-state index in [9.17, 15) is 17.6 Å². The number of benzene rings is 3. The van der Waals surface area contributed by atoms with Gasteiger partial charge >= 0.3 is 0 Å². The predicted octanol–water partition coefficient (Wildman–Crippen LogP) is 8.00. The molecule has 3 aromatic carbocycles. The van der Waals surface area contributed by atoms with Crippen LogP contribution in [-0.4, -0.2) is 12.7 Å². The highest BCUT2D eigenvalue weighted by atomic mass is 19.2. The molecule has 1 aliphatic carbocycles. The first-order valence-electron chi connectivity index (χ1n) is 12.1. The van der Waals surface area contributed by atoms with Gasteiger partial charge in [0.25, 0.3) is 0 Å². The average Bonchev–Trinajstić information content (AvgIpc) is 2.87. The van der Waals surface area contributed by atoms with Crippen molar-refractivity contribution in [3.05, 3.63) is 94.1 Å². The molecule has 2 nitrogen and oxygen atoms in total. The van der Waals surface area contributed by atoms with Crippen molar-refractivity contribution in [2.45, 2.75) is 64.8 Å². The van der Waals surface area contributed by atoms with Gasteiger partial charge in [0.1, 0.15) is 0 Å². The van der Waals surface area contributed by atoms with Gasteiger partial charge in [-0.2, -0.15) is 0 Å². The second kappa shape index (κ2) is 11.4. The molecule has 4 rings (SSSR count). The molecular formula is C29H30F4O2. The van der Waals surface area contributed by atoms with Crippen LogP contribution in [0.25, 0.3) is 11.1 Å². The lowest BCUT2D eigenvalue weighted by Crippen LogP contribution is -2.22. The summed E-state index contributed by atoms with van der Waals surface area (Å²) in [6.07, 6.45) is 2.40. The quantitative estimate of drug-likeness (QED) is 0.300. The van der Waals surface area contributed by atoms with Crippen molar-refractivity contribution in [2.75, 3.05) is 6.61 Å². The molecule has 0 N–H and O–H groups in total. The van der Waals surface area contributed by atoms with Gasteiger partial charge < -0.3 is 9.47 Å². The van der Waals surface area contributed by atoms with Gasteiger partial charge in [0.05, 0.1) is 19.3 Å². The van der Waals surface area contributed by atoms with Crippen LogP contribution in [0.3, 0.4) is 0 Å². The molecule has 0 bridgehead atoms. The van der Waals surface area contributed by atoms with Gasteiger partial charge in [-0.3, -0.25) is 0 Å². The third-order valence-electron chi connectivity index (χ3n) is 6.77. The van der Waals surface area contributed by atoms with Gasteiger partial charge in [-0.1, -0.05) is 54.1 Å². The van der Waals surface area contributed by atoms with Gasteiger partial charge in [0.2, 0.25) is 0 Å². The van der Waals surface area contributed by atoms with E-state index in [-0.39, 0.29) is 41.9 Å². The van der Waals surface area contributed by atoms with Gasteiger partial charge in [-0.05, 0) is 56.6 Å². The van der Waals surface area contributed by atoms with Gasteiger partial charge in [0, 0.05) is 23.3 Å². The summed E-state index contributed by atoms with van der Waals surface area (Å²) in [7, 11) is 0. The Kier molecular flexibility index (Phi) is 8.24. The Morgan fingerprint density at radius 1 is 0.714 bits per heavy atom. The molecule has 0 heterocycles. The zero-order valence-corrected chi connectivity index (χ0v) is 20.1. The number of rotatable bonds is 8. The average molecular weight is 487 g/mol. The van der Waals surface area contributed by atoms with Crippen molar-refractivity contribution in [3.8, 4) is 11.1 Å². The summed E-state index contributed by atoms with van der Waals surface area (Å²) in [4.78, 5) is 0. The number of hydrogen-bond donors (Lipinski definition) is 0. The molecule has 0 saturated heterocycles. The summed E-state index contributed by atoms with van der Waals surface area (Å²) in [6, 6.07) is 13.7. The Balaban J connectivity index is 1.36. The Hall–Kier alpha value is -2.70. The lowest BCUT2D eigenvalue weighted by molar-refractivity contribution is 0.0116. The van der Waals surface area contributed by atoms with Crippen molar-refractivity contribution in [1.82, 2.24) is 0 Å². The van der Waals surface area contributed by atoms with Crippen LogP contribution in [0.15, 0.2) is 48.5 Å². The van der Waals surface area contributed by atoms with Crippen LogP contribution in [0.1, 0.15) is 60.8 Å². The van der Waals surface area contributed by atoms with Crippen LogP contribution in [0.5, 0.6) is 0 Å². The molecule has 1 saturated carbocycles. The lowest BCUT2D eigenvalue weighted by atomic mass is 9.82. The van der Waals surface area contributed by atoms with Crippen LogP contribution in [-0.2, 0) is 22.7 Å². The van der Waals surface area contributed by atoms with Crippen molar-refractivity contribution < 1.29 is 27.0 Å². The van der Waals surface area contributed by atoms with Gasteiger partial charge in [-0.15, -0.1) is 0 Å². The summed E-state index contributed by atoms with van der Waals surface area (Å²) in [5.41, 5.74) is 2.67. The maximum Gasteiger partial charge on any atom is 0.166 e. The van der Waals surface area contributed by atoms with Crippen LogP contribution < -0.4 is 0 Å². The normalized spacial score (nSPS) is 18.1. The first kappa shape index (κ1) is 25.4. The number of aryl methyl sites for hydroxylation is 1. The third kappa shape index (κ3) is 5.76. The Morgan fingerprint density at radius 3 is 1.97 bits per heavy atom. The van der Waals surface area contributed by atoms with E-state index in [1.807, 2.05) is 19.1 Å². The molecular weight excluding hydrogens is 456 g/mol.